The van der Waals surface area contributed by atoms with E-state index < -0.39 is 0 Å². The van der Waals surface area contributed by atoms with Crippen molar-refractivity contribution in [1.82, 2.24) is 15.2 Å². The Morgan fingerprint density at radius 3 is 2.91 bits per heavy atom. The summed E-state index contributed by atoms with van der Waals surface area (Å²) in [7, 11) is 3.86. The molecule has 2 aliphatic heterocycles. The monoisotopic (exact) mass is 304 g/mol. The highest BCUT2D eigenvalue weighted by atomic mass is 16.5. The number of carbonyl (C=O) groups is 1. The van der Waals surface area contributed by atoms with Crippen molar-refractivity contribution in [2.75, 3.05) is 38.7 Å². The fraction of sp³-hybridized carbons (Fsp3) is 0.625. The van der Waals surface area contributed by atoms with Gasteiger partial charge in [0, 0.05) is 45.5 Å². The van der Waals surface area contributed by atoms with E-state index in [1.807, 2.05) is 31.1 Å². The number of amides is 1. The molecule has 2 fully saturated rings. The van der Waals surface area contributed by atoms with E-state index in [1.165, 1.54) is 0 Å². The van der Waals surface area contributed by atoms with E-state index in [2.05, 4.69) is 22.1 Å². The Bertz CT molecular complexity index is 531. The predicted octanol–water partition coefficient (Wildman–Crippen LogP) is 0.739. The van der Waals surface area contributed by atoms with E-state index in [4.69, 9.17) is 4.74 Å². The number of morpholine rings is 1. The molecule has 0 bridgehead atoms. The zero-order valence-corrected chi connectivity index (χ0v) is 13.5. The van der Waals surface area contributed by atoms with Crippen LogP contribution < -0.4 is 10.2 Å². The van der Waals surface area contributed by atoms with Crippen LogP contribution in [-0.2, 0) is 4.74 Å². The van der Waals surface area contributed by atoms with Gasteiger partial charge in [-0.25, -0.2) is 4.98 Å². The molecule has 0 aliphatic carbocycles. The molecule has 3 rings (SSSR count). The Balaban J connectivity index is 1.58. The van der Waals surface area contributed by atoms with E-state index >= 15 is 0 Å². The zero-order chi connectivity index (χ0) is 15.7. The van der Waals surface area contributed by atoms with E-state index in [1.54, 1.807) is 6.20 Å². The maximum atomic E-state index is 12.3. The van der Waals surface area contributed by atoms with Crippen LogP contribution in [-0.4, -0.2) is 67.8 Å². The van der Waals surface area contributed by atoms with Gasteiger partial charge in [-0.1, -0.05) is 0 Å². The average Bonchev–Trinajstić information content (AvgIpc) is 2.88. The topological polar surface area (TPSA) is 57.7 Å². The van der Waals surface area contributed by atoms with E-state index in [-0.39, 0.29) is 18.1 Å². The number of fused-ring (bicyclic) bond motifs is 1. The Morgan fingerprint density at radius 2 is 2.23 bits per heavy atom. The molecule has 0 spiro atoms. The minimum Gasteiger partial charge on any atom is -0.376 e. The zero-order valence-electron chi connectivity index (χ0n) is 13.5. The number of ether oxygens (including phenoxy) is 1. The standard InChI is InChI=1S/C16H24N4O2/c1-11-8-20-9-13(6-14(20)10-22-11)18-16(21)12-4-5-15(17-7-12)19(2)3/h4-5,7,11,13-14H,6,8-10H2,1-3H3,(H,18,21)/t11-,13+,14-/m0/s1. The molecule has 3 heterocycles. The summed E-state index contributed by atoms with van der Waals surface area (Å²) < 4.78 is 5.70. The largest absolute Gasteiger partial charge is 0.376 e. The molecule has 0 radical (unpaired) electrons. The molecule has 1 amide bonds. The van der Waals surface area contributed by atoms with Gasteiger partial charge in [0.15, 0.2) is 0 Å². The molecular weight excluding hydrogens is 280 g/mol. The van der Waals surface area contributed by atoms with Crippen molar-refractivity contribution < 1.29 is 9.53 Å². The van der Waals surface area contributed by atoms with Crippen LogP contribution in [0.3, 0.4) is 0 Å². The number of rotatable bonds is 3. The van der Waals surface area contributed by atoms with Crippen LogP contribution in [0.5, 0.6) is 0 Å². The normalized spacial score (nSPS) is 28.2. The smallest absolute Gasteiger partial charge is 0.253 e. The summed E-state index contributed by atoms with van der Waals surface area (Å²) in [5.41, 5.74) is 0.611. The molecule has 1 N–H and O–H groups in total. The number of anilines is 1. The highest BCUT2D eigenvalue weighted by molar-refractivity contribution is 5.94. The molecule has 6 heteroatoms. The Kier molecular flexibility index (Phi) is 4.31. The molecule has 6 nitrogen and oxygen atoms in total. The minimum absolute atomic E-state index is 0.0448. The van der Waals surface area contributed by atoms with Crippen LogP contribution in [0.4, 0.5) is 5.82 Å². The summed E-state index contributed by atoms with van der Waals surface area (Å²) in [6, 6.07) is 4.32. The van der Waals surface area contributed by atoms with E-state index in [0.717, 1.165) is 31.9 Å². The lowest BCUT2D eigenvalue weighted by atomic mass is 10.1. The Morgan fingerprint density at radius 1 is 1.41 bits per heavy atom. The molecule has 3 atom stereocenters. The fourth-order valence-corrected chi connectivity index (χ4v) is 3.20. The van der Waals surface area contributed by atoms with Crippen LogP contribution >= 0.6 is 0 Å². The molecule has 0 aromatic carbocycles. The first-order chi connectivity index (χ1) is 10.5. The third kappa shape index (κ3) is 3.23. The third-order valence-electron chi connectivity index (χ3n) is 4.40. The second kappa shape index (κ2) is 6.22. The second-order valence-corrected chi connectivity index (χ2v) is 6.46. The van der Waals surface area contributed by atoms with Crippen LogP contribution in [0.25, 0.3) is 0 Å². The van der Waals surface area contributed by atoms with Crippen LogP contribution in [0.15, 0.2) is 18.3 Å². The number of hydrogen-bond acceptors (Lipinski definition) is 5. The quantitative estimate of drug-likeness (QED) is 0.892. The summed E-state index contributed by atoms with van der Waals surface area (Å²) in [6.07, 6.45) is 2.88. The van der Waals surface area contributed by atoms with Crippen molar-refractivity contribution in [2.24, 2.45) is 0 Å². The van der Waals surface area contributed by atoms with Crippen molar-refractivity contribution in [1.29, 1.82) is 0 Å². The van der Waals surface area contributed by atoms with Gasteiger partial charge in [0.1, 0.15) is 5.82 Å². The van der Waals surface area contributed by atoms with Gasteiger partial charge in [-0.3, -0.25) is 9.69 Å². The Labute approximate surface area is 131 Å². The molecule has 22 heavy (non-hydrogen) atoms. The summed E-state index contributed by atoms with van der Waals surface area (Å²) in [4.78, 5) is 21.0. The molecule has 2 aliphatic rings. The average molecular weight is 304 g/mol. The first kappa shape index (κ1) is 15.2. The SMILES string of the molecule is C[C@H]1CN2C[C@H](NC(=O)c3ccc(N(C)C)nc3)C[C@H]2CO1. The predicted molar refractivity (Wildman–Crippen MR) is 85.2 cm³/mol. The Hall–Kier alpha value is -1.66. The summed E-state index contributed by atoms with van der Waals surface area (Å²) in [6.45, 7) is 4.73. The maximum Gasteiger partial charge on any atom is 0.253 e. The lowest BCUT2D eigenvalue weighted by molar-refractivity contribution is -0.0390. The van der Waals surface area contributed by atoms with Crippen molar-refractivity contribution in [3.05, 3.63) is 23.9 Å². The van der Waals surface area contributed by atoms with Gasteiger partial charge in [0.2, 0.25) is 0 Å². The molecule has 1 aromatic heterocycles. The summed E-state index contributed by atoms with van der Waals surface area (Å²) in [5.74, 6) is 0.803. The van der Waals surface area contributed by atoms with Crippen LogP contribution in [0.2, 0.25) is 0 Å². The number of carbonyl (C=O) groups excluding carboxylic acids is 1. The fourth-order valence-electron chi connectivity index (χ4n) is 3.20. The number of nitrogens with zero attached hydrogens (tertiary/aromatic N) is 3. The molecule has 0 unspecified atom stereocenters. The van der Waals surface area contributed by atoms with Crippen molar-refractivity contribution in [2.45, 2.75) is 31.5 Å². The molecular formula is C16H24N4O2. The van der Waals surface area contributed by atoms with Crippen molar-refractivity contribution in [3.8, 4) is 0 Å². The van der Waals surface area contributed by atoms with Gasteiger partial charge in [-0.05, 0) is 25.5 Å². The minimum atomic E-state index is -0.0448. The van der Waals surface area contributed by atoms with Crippen LogP contribution in [0.1, 0.15) is 23.7 Å². The highest BCUT2D eigenvalue weighted by Crippen LogP contribution is 2.23. The van der Waals surface area contributed by atoms with Gasteiger partial charge in [0.25, 0.3) is 5.91 Å². The van der Waals surface area contributed by atoms with Crippen molar-refractivity contribution >= 4 is 11.7 Å². The van der Waals surface area contributed by atoms with Crippen molar-refractivity contribution in [3.63, 3.8) is 0 Å². The molecule has 2 saturated heterocycles. The number of aromatic nitrogens is 1. The highest BCUT2D eigenvalue weighted by Gasteiger charge is 2.36. The first-order valence-corrected chi connectivity index (χ1v) is 7.83. The van der Waals surface area contributed by atoms with Gasteiger partial charge in [-0.2, -0.15) is 0 Å². The van der Waals surface area contributed by atoms with E-state index in [0.29, 0.717) is 11.6 Å². The van der Waals surface area contributed by atoms with Gasteiger partial charge >= 0.3 is 0 Å². The number of hydrogen-bond donors (Lipinski definition) is 1. The van der Waals surface area contributed by atoms with Gasteiger partial charge in [0.05, 0.1) is 18.3 Å². The lowest BCUT2D eigenvalue weighted by Crippen LogP contribution is -2.45. The number of nitrogens with one attached hydrogen (secondary N) is 1. The van der Waals surface area contributed by atoms with Crippen LogP contribution in [0, 0.1) is 0 Å². The molecule has 0 saturated carbocycles. The van der Waals surface area contributed by atoms with Gasteiger partial charge in [-0.15, -0.1) is 0 Å². The summed E-state index contributed by atoms with van der Waals surface area (Å²) in [5, 5.41) is 3.13. The summed E-state index contributed by atoms with van der Waals surface area (Å²) >= 11 is 0. The third-order valence-corrected chi connectivity index (χ3v) is 4.40. The van der Waals surface area contributed by atoms with E-state index in [9.17, 15) is 4.79 Å². The number of pyridine rings is 1. The molecule has 120 valence electrons. The first-order valence-electron chi connectivity index (χ1n) is 7.83. The molecule has 1 aromatic rings. The van der Waals surface area contributed by atoms with Gasteiger partial charge < -0.3 is 15.0 Å². The lowest BCUT2D eigenvalue weighted by Gasteiger charge is -2.33. The maximum absolute atomic E-state index is 12.3. The second-order valence-electron chi connectivity index (χ2n) is 6.46.